The van der Waals surface area contributed by atoms with Gasteiger partial charge in [0.15, 0.2) is 0 Å². The van der Waals surface area contributed by atoms with E-state index in [1.807, 2.05) is 0 Å². The Labute approximate surface area is 512 Å². The van der Waals surface area contributed by atoms with Crippen molar-refractivity contribution in [3.8, 4) is 11.1 Å². The summed E-state index contributed by atoms with van der Waals surface area (Å²) in [6.45, 7) is 50.6. The summed E-state index contributed by atoms with van der Waals surface area (Å²) in [5, 5.41) is 0. The van der Waals surface area contributed by atoms with Crippen molar-refractivity contribution in [2.45, 2.75) is 214 Å². The van der Waals surface area contributed by atoms with E-state index in [-0.39, 0.29) is 50.0 Å². The number of benzene rings is 8. The third kappa shape index (κ3) is 8.93. The Morgan fingerprint density at radius 3 is 1.36 bits per heavy atom. The first-order valence-electron chi connectivity index (χ1n) is 32.1. The third-order valence-corrected chi connectivity index (χ3v) is 21.7. The van der Waals surface area contributed by atoms with Crippen molar-refractivity contribution in [2.75, 3.05) is 14.7 Å². The van der Waals surface area contributed by atoms with Crippen LogP contribution in [0, 0.1) is 13.8 Å². The average Bonchev–Trinajstić information content (AvgIpc) is 0.994. The second-order valence-electron chi connectivity index (χ2n) is 33.0. The molecule has 0 saturated heterocycles. The molecule has 8 aromatic rings. The quantitative estimate of drug-likeness (QED) is 0.159. The predicted molar refractivity (Wildman–Crippen MR) is 369 cm³/mol. The molecule has 4 heteroatoms. The second-order valence-corrected chi connectivity index (χ2v) is 33.0. The molecule has 0 N–H and O–H groups in total. The Hall–Kier alpha value is -6.78. The van der Waals surface area contributed by atoms with E-state index >= 15 is 0 Å². The fraction of sp³-hybridized carbons (Fsp3) is 0.407. The van der Waals surface area contributed by atoms with Crippen LogP contribution < -0.4 is 31.1 Å². The van der Waals surface area contributed by atoms with Gasteiger partial charge in [-0.1, -0.05) is 204 Å². The molecule has 8 aromatic carbocycles. The maximum atomic E-state index is 2.74. The molecule has 13 rings (SSSR count). The molecule has 2 heterocycles. The van der Waals surface area contributed by atoms with E-state index < -0.39 is 0 Å². The summed E-state index contributed by atoms with van der Waals surface area (Å²) < 4.78 is 0. The van der Waals surface area contributed by atoms with Crippen molar-refractivity contribution >= 4 is 74.3 Å². The summed E-state index contributed by atoms with van der Waals surface area (Å²) in [5.74, 6) is 0. The first-order valence-corrected chi connectivity index (χ1v) is 32.1. The Kier molecular flexibility index (Phi) is 12.6. The van der Waals surface area contributed by atoms with Gasteiger partial charge < -0.3 is 14.7 Å². The number of anilines is 9. The highest BCUT2D eigenvalue weighted by Gasteiger charge is 2.49. The minimum Gasteiger partial charge on any atom is -0.311 e. The van der Waals surface area contributed by atoms with Crippen molar-refractivity contribution in [2.24, 2.45) is 0 Å². The van der Waals surface area contributed by atoms with E-state index in [2.05, 4.69) is 300 Å². The molecule has 0 spiro atoms. The van der Waals surface area contributed by atoms with Gasteiger partial charge in [0.2, 0.25) is 0 Å². The van der Waals surface area contributed by atoms with Crippen LogP contribution in [0.25, 0.3) is 11.1 Å². The van der Waals surface area contributed by atoms with Gasteiger partial charge in [0.25, 0.3) is 6.71 Å². The van der Waals surface area contributed by atoms with Crippen LogP contribution in [0.3, 0.4) is 0 Å². The molecular formula is C81H94BN3. The fourth-order valence-electron chi connectivity index (χ4n) is 15.9. The standard InChI is InChI=1S/C81H94BN3/c1-49-40-51(74(3,4)5)26-34-67(49)83(68-35-27-52(41-50(68)2)75(6,7)8)56-30-33-65-69(46-56)84(54-28-31-58-57-24-22-23-25-59(57)81(20,21)61(58)44-54)71-42-53(76(9,10)11)43-72-73(71)82(65)66-47-63-64(80(18,19)39-38-79(63,16)17)48-70(66)85(72)55-29-32-60-62(45-55)78(14,15)37-36-77(60,12)13/h22-35,40-48H,36-39H2,1-21H3. The van der Waals surface area contributed by atoms with Crippen LogP contribution >= 0.6 is 0 Å². The van der Waals surface area contributed by atoms with Crippen LogP contribution in [-0.2, 0) is 43.3 Å². The van der Waals surface area contributed by atoms with Crippen LogP contribution in [-0.4, -0.2) is 6.71 Å². The van der Waals surface area contributed by atoms with Crippen molar-refractivity contribution in [1.29, 1.82) is 0 Å². The molecular weight excluding hydrogens is 1030 g/mol. The topological polar surface area (TPSA) is 9.72 Å². The van der Waals surface area contributed by atoms with Crippen molar-refractivity contribution < 1.29 is 0 Å². The lowest BCUT2D eigenvalue weighted by atomic mass is 9.33. The molecule has 0 radical (unpaired) electrons. The molecule has 0 bridgehead atoms. The van der Waals surface area contributed by atoms with Crippen LogP contribution in [0.5, 0.6) is 0 Å². The lowest BCUT2D eigenvalue weighted by Crippen LogP contribution is -2.62. The molecule has 436 valence electrons. The van der Waals surface area contributed by atoms with Gasteiger partial charge in [-0.3, -0.25) is 0 Å². The third-order valence-electron chi connectivity index (χ3n) is 21.7. The van der Waals surface area contributed by atoms with Gasteiger partial charge in [-0.2, -0.15) is 0 Å². The number of hydrogen-bond donors (Lipinski definition) is 0. The number of fused-ring (bicyclic) bond motifs is 9. The van der Waals surface area contributed by atoms with Gasteiger partial charge in [0.05, 0.1) is 0 Å². The van der Waals surface area contributed by atoms with Crippen LogP contribution in [0.2, 0.25) is 0 Å². The summed E-state index contributed by atoms with van der Waals surface area (Å²) in [6.07, 6.45) is 4.66. The van der Waals surface area contributed by atoms with Gasteiger partial charge in [-0.15, -0.1) is 0 Å². The predicted octanol–water partition coefficient (Wildman–Crippen LogP) is 20.8. The van der Waals surface area contributed by atoms with Gasteiger partial charge >= 0.3 is 0 Å². The first kappa shape index (κ1) is 57.3. The highest BCUT2D eigenvalue weighted by molar-refractivity contribution is 7.00. The van der Waals surface area contributed by atoms with E-state index in [4.69, 9.17) is 0 Å². The number of rotatable bonds is 5. The zero-order valence-corrected chi connectivity index (χ0v) is 55.5. The molecule has 0 saturated carbocycles. The fourth-order valence-corrected chi connectivity index (χ4v) is 15.9. The number of nitrogens with zero attached hydrogens (tertiary/aromatic N) is 3. The van der Waals surface area contributed by atoms with Gasteiger partial charge in [-0.25, -0.2) is 0 Å². The van der Waals surface area contributed by atoms with Gasteiger partial charge in [0, 0.05) is 56.6 Å². The molecule has 85 heavy (non-hydrogen) atoms. The zero-order valence-electron chi connectivity index (χ0n) is 55.5. The molecule has 0 atom stereocenters. The molecule has 3 aliphatic carbocycles. The minimum absolute atomic E-state index is 0.00875. The molecule has 0 fully saturated rings. The lowest BCUT2D eigenvalue weighted by Gasteiger charge is -2.48. The van der Waals surface area contributed by atoms with Crippen LogP contribution in [0.1, 0.15) is 218 Å². The molecule has 0 amide bonds. The van der Waals surface area contributed by atoms with E-state index in [9.17, 15) is 0 Å². The van der Waals surface area contributed by atoms with Gasteiger partial charge in [-0.05, 0) is 233 Å². The van der Waals surface area contributed by atoms with E-state index in [1.165, 1.54) is 141 Å². The molecule has 3 nitrogen and oxygen atoms in total. The molecule has 5 aliphatic rings. The minimum atomic E-state index is -0.188. The second kappa shape index (κ2) is 18.6. The summed E-state index contributed by atoms with van der Waals surface area (Å²) in [4.78, 5) is 8.03. The molecule has 2 aliphatic heterocycles. The zero-order chi connectivity index (χ0) is 60.8. The SMILES string of the molecule is Cc1cc(C(C)(C)C)ccc1N(c1ccc2c(c1)N(c1ccc3c(c1)C(C)(C)c1ccccc1-3)c1cc(C(C)(C)C)cc3c1B2c1cc2c(cc1N3c1ccc3c(c1)C(C)(C)CCC3(C)C)C(C)(C)CCC2(C)C)c1ccc(C(C)(C)C)cc1C. The summed E-state index contributed by atoms with van der Waals surface area (Å²) in [7, 11) is 0. The first-order chi connectivity index (χ1) is 39.6. The van der Waals surface area contributed by atoms with Crippen molar-refractivity contribution in [1.82, 2.24) is 0 Å². The largest absolute Gasteiger partial charge is 0.311 e. The monoisotopic (exact) mass is 1120 g/mol. The normalized spacial score (nSPS) is 18.2. The smallest absolute Gasteiger partial charge is 0.252 e. The van der Waals surface area contributed by atoms with Crippen molar-refractivity contribution in [3.63, 3.8) is 0 Å². The number of aryl methyl sites for hydroxylation is 2. The lowest BCUT2D eigenvalue weighted by molar-refractivity contribution is 0.332. The average molecular weight is 1120 g/mol. The van der Waals surface area contributed by atoms with Crippen LogP contribution in [0.15, 0.2) is 140 Å². The van der Waals surface area contributed by atoms with E-state index in [0.717, 1.165) is 24.9 Å². The summed E-state index contributed by atoms with van der Waals surface area (Å²) in [5.41, 5.74) is 33.0. The Morgan fingerprint density at radius 2 is 0.835 bits per heavy atom. The van der Waals surface area contributed by atoms with Gasteiger partial charge in [0.1, 0.15) is 0 Å². The van der Waals surface area contributed by atoms with E-state index in [1.54, 1.807) is 0 Å². The summed E-state index contributed by atoms with van der Waals surface area (Å²) in [6, 6.07) is 56.7. The Balaban J connectivity index is 1.15. The molecule has 0 aromatic heterocycles. The highest BCUT2D eigenvalue weighted by atomic mass is 15.2. The van der Waals surface area contributed by atoms with Crippen LogP contribution in [0.4, 0.5) is 51.2 Å². The molecule has 0 unspecified atom stereocenters. The number of hydrogen-bond acceptors (Lipinski definition) is 3. The van der Waals surface area contributed by atoms with E-state index in [0.29, 0.717) is 0 Å². The highest BCUT2D eigenvalue weighted by Crippen LogP contribution is 2.56. The Morgan fingerprint density at radius 1 is 0.376 bits per heavy atom. The Bertz CT molecular complexity index is 4040. The van der Waals surface area contributed by atoms with Crippen molar-refractivity contribution in [3.05, 3.63) is 201 Å². The summed E-state index contributed by atoms with van der Waals surface area (Å²) >= 11 is 0. The maximum Gasteiger partial charge on any atom is 0.252 e. The maximum absolute atomic E-state index is 2.74.